The molecule has 0 aliphatic rings. The average Bonchev–Trinajstić information content (AvgIpc) is 2.47. The van der Waals surface area contributed by atoms with Crippen LogP contribution in [0.25, 0.3) is 0 Å². The number of aromatic amines is 1. The highest BCUT2D eigenvalue weighted by molar-refractivity contribution is 5.10. The maximum Gasteiger partial charge on any atom is 0.437 e. The third-order valence-corrected chi connectivity index (χ3v) is 1.34. The van der Waals surface area contributed by atoms with E-state index in [0.717, 1.165) is 0 Å². The first kappa shape index (κ1) is 9.97. The van der Waals surface area contributed by atoms with Gasteiger partial charge in [-0.1, -0.05) is 5.21 Å². The van der Waals surface area contributed by atoms with Gasteiger partial charge in [0.2, 0.25) is 0 Å². The highest BCUT2D eigenvalue weighted by atomic mass is 19.4. The number of hydrogen-bond acceptors (Lipinski definition) is 3. The van der Waals surface area contributed by atoms with Crippen LogP contribution in [-0.4, -0.2) is 22.0 Å². The second-order valence-corrected chi connectivity index (χ2v) is 2.27. The Morgan fingerprint density at radius 1 is 1.46 bits per heavy atom. The van der Waals surface area contributed by atoms with Gasteiger partial charge in [0.1, 0.15) is 0 Å². The molecule has 0 aliphatic carbocycles. The van der Waals surface area contributed by atoms with Gasteiger partial charge in [-0.15, -0.1) is 5.10 Å². The van der Waals surface area contributed by atoms with Crippen molar-refractivity contribution in [2.75, 3.05) is 6.61 Å². The molecule has 13 heavy (non-hydrogen) atoms. The summed E-state index contributed by atoms with van der Waals surface area (Å²) in [5.74, 6) is 0. The molecule has 0 aromatic carbocycles. The van der Waals surface area contributed by atoms with E-state index in [1.165, 1.54) is 0 Å². The van der Waals surface area contributed by atoms with Gasteiger partial charge in [0.15, 0.2) is 5.69 Å². The third kappa shape index (κ3) is 2.41. The van der Waals surface area contributed by atoms with Crippen LogP contribution >= 0.6 is 0 Å². The number of aromatic nitrogens is 3. The van der Waals surface area contributed by atoms with Gasteiger partial charge < -0.3 is 4.74 Å². The van der Waals surface area contributed by atoms with Crippen molar-refractivity contribution < 1.29 is 17.9 Å². The molecule has 0 saturated heterocycles. The summed E-state index contributed by atoms with van der Waals surface area (Å²) in [6.07, 6.45) is -4.47. The van der Waals surface area contributed by atoms with Crippen molar-refractivity contribution in [3.05, 3.63) is 11.4 Å². The predicted octanol–water partition coefficient (Wildman–Crippen LogP) is 1.36. The Balaban J connectivity index is 2.77. The number of alkyl halides is 3. The largest absolute Gasteiger partial charge is 0.437 e. The lowest BCUT2D eigenvalue weighted by Gasteiger charge is -2.04. The fraction of sp³-hybridized carbons (Fsp3) is 0.667. The first-order chi connectivity index (χ1) is 6.05. The lowest BCUT2D eigenvalue weighted by Crippen LogP contribution is -2.10. The van der Waals surface area contributed by atoms with Crippen molar-refractivity contribution in [3.63, 3.8) is 0 Å². The van der Waals surface area contributed by atoms with E-state index in [1.54, 1.807) is 6.92 Å². The minimum atomic E-state index is -4.47. The molecular formula is C6H8F3N3O. The van der Waals surface area contributed by atoms with E-state index < -0.39 is 11.9 Å². The van der Waals surface area contributed by atoms with Crippen LogP contribution in [0, 0.1) is 0 Å². The molecule has 0 bridgehead atoms. The fourth-order valence-electron chi connectivity index (χ4n) is 0.781. The number of rotatable bonds is 3. The zero-order valence-corrected chi connectivity index (χ0v) is 6.85. The first-order valence-electron chi connectivity index (χ1n) is 3.60. The lowest BCUT2D eigenvalue weighted by atomic mass is 10.3. The molecule has 4 nitrogen and oxygen atoms in total. The third-order valence-electron chi connectivity index (χ3n) is 1.34. The van der Waals surface area contributed by atoms with Gasteiger partial charge in [-0.3, -0.25) is 5.10 Å². The Labute approximate surface area is 72.1 Å². The van der Waals surface area contributed by atoms with Gasteiger partial charge in [-0.05, 0) is 6.92 Å². The minimum Gasteiger partial charge on any atom is -0.375 e. The zero-order chi connectivity index (χ0) is 9.90. The molecule has 0 aliphatic heterocycles. The Morgan fingerprint density at radius 2 is 2.15 bits per heavy atom. The van der Waals surface area contributed by atoms with Crippen molar-refractivity contribution >= 4 is 0 Å². The maximum absolute atomic E-state index is 12.1. The van der Waals surface area contributed by atoms with Crippen molar-refractivity contribution in [2.24, 2.45) is 0 Å². The van der Waals surface area contributed by atoms with Gasteiger partial charge in [0, 0.05) is 6.61 Å². The second-order valence-electron chi connectivity index (χ2n) is 2.27. The number of hydrogen-bond donors (Lipinski definition) is 1. The monoisotopic (exact) mass is 195 g/mol. The molecule has 0 fully saturated rings. The summed E-state index contributed by atoms with van der Waals surface area (Å²) >= 11 is 0. The highest BCUT2D eigenvalue weighted by Crippen LogP contribution is 2.29. The summed E-state index contributed by atoms with van der Waals surface area (Å²) in [5, 5.41) is 8.14. The molecule has 0 radical (unpaired) electrons. The highest BCUT2D eigenvalue weighted by Gasteiger charge is 2.37. The van der Waals surface area contributed by atoms with E-state index in [1.807, 2.05) is 0 Å². The summed E-state index contributed by atoms with van der Waals surface area (Å²) in [6, 6.07) is 0. The van der Waals surface area contributed by atoms with Gasteiger partial charge >= 0.3 is 6.18 Å². The molecule has 74 valence electrons. The molecule has 1 aromatic heterocycles. The summed E-state index contributed by atoms with van der Waals surface area (Å²) < 4.78 is 41.2. The van der Waals surface area contributed by atoms with Crippen LogP contribution in [0.2, 0.25) is 0 Å². The van der Waals surface area contributed by atoms with Crippen molar-refractivity contribution in [3.8, 4) is 0 Å². The zero-order valence-electron chi connectivity index (χ0n) is 6.85. The average molecular weight is 195 g/mol. The van der Waals surface area contributed by atoms with Crippen molar-refractivity contribution in [1.29, 1.82) is 0 Å². The van der Waals surface area contributed by atoms with E-state index in [-0.39, 0.29) is 12.3 Å². The molecule has 0 spiro atoms. The van der Waals surface area contributed by atoms with E-state index in [2.05, 4.69) is 15.4 Å². The van der Waals surface area contributed by atoms with Crippen LogP contribution < -0.4 is 0 Å². The normalized spacial score (nSPS) is 12.0. The smallest absolute Gasteiger partial charge is 0.375 e. The SMILES string of the molecule is CCOCc1[nH]nnc1C(F)(F)F. The van der Waals surface area contributed by atoms with Gasteiger partial charge in [-0.25, -0.2) is 0 Å². The molecular weight excluding hydrogens is 187 g/mol. The molecule has 7 heteroatoms. The van der Waals surface area contributed by atoms with Gasteiger partial charge in [-0.2, -0.15) is 13.2 Å². The molecule has 0 amide bonds. The Hall–Kier alpha value is -1.11. The Morgan fingerprint density at radius 3 is 2.69 bits per heavy atom. The second kappa shape index (κ2) is 3.73. The molecule has 1 N–H and O–H groups in total. The van der Waals surface area contributed by atoms with Crippen molar-refractivity contribution in [1.82, 2.24) is 15.4 Å². The summed E-state index contributed by atoms with van der Waals surface area (Å²) in [7, 11) is 0. The summed E-state index contributed by atoms with van der Waals surface area (Å²) in [6.45, 7) is 1.88. The molecule has 1 aromatic rings. The Kier molecular flexibility index (Phi) is 2.86. The van der Waals surface area contributed by atoms with E-state index in [4.69, 9.17) is 4.74 Å². The summed E-state index contributed by atoms with van der Waals surface area (Å²) in [5.41, 5.74) is -1.16. The lowest BCUT2D eigenvalue weighted by molar-refractivity contribution is -0.142. The van der Waals surface area contributed by atoms with Crippen LogP contribution in [0.4, 0.5) is 13.2 Å². The van der Waals surface area contributed by atoms with Crippen LogP contribution in [-0.2, 0) is 17.5 Å². The standard InChI is InChI=1S/C6H8F3N3O/c1-2-13-3-4-5(6(7,8)9)11-12-10-4/h2-3H2,1H3,(H,10,11,12). The number of nitrogens with zero attached hydrogens (tertiary/aromatic N) is 2. The van der Waals surface area contributed by atoms with E-state index >= 15 is 0 Å². The van der Waals surface area contributed by atoms with Gasteiger partial charge in [0.05, 0.1) is 12.3 Å². The predicted molar refractivity (Wildman–Crippen MR) is 36.7 cm³/mol. The van der Waals surface area contributed by atoms with Gasteiger partial charge in [0.25, 0.3) is 0 Å². The van der Waals surface area contributed by atoms with Crippen molar-refractivity contribution in [2.45, 2.75) is 19.7 Å². The number of H-pyrrole nitrogens is 1. The first-order valence-corrected chi connectivity index (χ1v) is 3.60. The van der Waals surface area contributed by atoms with E-state index in [9.17, 15) is 13.2 Å². The molecule has 1 heterocycles. The van der Waals surface area contributed by atoms with Crippen LogP contribution in [0.3, 0.4) is 0 Å². The fourth-order valence-corrected chi connectivity index (χ4v) is 0.781. The maximum atomic E-state index is 12.1. The molecule has 0 atom stereocenters. The summed E-state index contributed by atoms with van der Waals surface area (Å²) in [4.78, 5) is 0. The Bertz CT molecular complexity index is 270. The minimum absolute atomic E-state index is 0.144. The topological polar surface area (TPSA) is 50.8 Å². The molecule has 1 rings (SSSR count). The van der Waals surface area contributed by atoms with Crippen LogP contribution in [0.5, 0.6) is 0 Å². The number of nitrogens with one attached hydrogen (secondary N) is 1. The van der Waals surface area contributed by atoms with E-state index in [0.29, 0.717) is 6.61 Å². The van der Waals surface area contributed by atoms with Crippen LogP contribution in [0.1, 0.15) is 18.3 Å². The quantitative estimate of drug-likeness (QED) is 0.792. The molecule has 0 saturated carbocycles. The number of halogens is 3. The molecule has 0 unspecified atom stereocenters. The van der Waals surface area contributed by atoms with Crippen LogP contribution in [0.15, 0.2) is 0 Å². The number of ether oxygens (including phenoxy) is 1.